The Morgan fingerprint density at radius 3 is 2.22 bits per heavy atom. The number of alkyl halides is 5. The molecule has 0 radical (unpaired) electrons. The normalized spacial score (nSPS) is 13.1. The molecule has 0 unspecified atom stereocenters. The van der Waals surface area contributed by atoms with E-state index in [0.717, 1.165) is 6.07 Å². The zero-order valence-corrected chi connectivity index (χ0v) is 9.77. The number of para-hydroxylation sites is 1. The van der Waals surface area contributed by atoms with Gasteiger partial charge in [-0.05, 0) is 6.07 Å². The average Bonchev–Trinajstić information content (AvgIpc) is 2.14. The summed E-state index contributed by atoms with van der Waals surface area (Å²) in [6.45, 7) is -3.10. The summed E-state index contributed by atoms with van der Waals surface area (Å²) < 4.78 is 64.5. The maximum atomic E-state index is 12.1. The molecule has 0 heterocycles. The van der Waals surface area contributed by atoms with Crippen LogP contribution in [0.5, 0.6) is 5.75 Å². The first-order valence-electron chi connectivity index (χ1n) is 4.65. The van der Waals surface area contributed by atoms with Gasteiger partial charge in [0.25, 0.3) is 0 Å². The Labute approximate surface area is 106 Å². The molecule has 0 fully saturated rings. The van der Waals surface area contributed by atoms with Gasteiger partial charge in [0.2, 0.25) is 0 Å². The second kappa shape index (κ2) is 6.75. The molecule has 0 saturated heterocycles. The molecule has 1 aromatic rings. The first kappa shape index (κ1) is 16.9. The van der Waals surface area contributed by atoms with Crippen molar-refractivity contribution in [3.8, 4) is 5.75 Å². The smallest absolute Gasteiger partial charge is 0.390 e. The minimum Gasteiger partial charge on any atom is -0.434 e. The third-order valence-electron chi connectivity index (χ3n) is 1.99. The van der Waals surface area contributed by atoms with Crippen LogP contribution in [-0.4, -0.2) is 12.8 Å². The molecule has 1 aromatic carbocycles. The van der Waals surface area contributed by atoms with Gasteiger partial charge in [-0.2, -0.15) is 22.0 Å². The van der Waals surface area contributed by atoms with Gasteiger partial charge in [0.15, 0.2) is 0 Å². The third-order valence-corrected chi connectivity index (χ3v) is 1.99. The van der Waals surface area contributed by atoms with E-state index in [4.69, 9.17) is 5.73 Å². The van der Waals surface area contributed by atoms with Crippen LogP contribution >= 0.6 is 12.4 Å². The van der Waals surface area contributed by atoms with Gasteiger partial charge in [0, 0.05) is 11.6 Å². The first-order chi connectivity index (χ1) is 7.79. The molecule has 0 aliphatic heterocycles. The molecule has 8 heteroatoms. The SMILES string of the molecule is Cl.N[C@@H](CC(F)(F)F)c1ccccc1OC(F)F. The van der Waals surface area contributed by atoms with Crippen molar-refractivity contribution in [1.82, 2.24) is 0 Å². The van der Waals surface area contributed by atoms with Crippen LogP contribution in [0.25, 0.3) is 0 Å². The Morgan fingerprint density at radius 1 is 1.17 bits per heavy atom. The highest BCUT2D eigenvalue weighted by Gasteiger charge is 2.32. The zero-order chi connectivity index (χ0) is 13.1. The minimum atomic E-state index is -4.46. The van der Waals surface area contributed by atoms with Crippen LogP contribution in [-0.2, 0) is 0 Å². The van der Waals surface area contributed by atoms with E-state index in [1.165, 1.54) is 18.2 Å². The van der Waals surface area contributed by atoms with Gasteiger partial charge in [-0.15, -0.1) is 12.4 Å². The molecule has 104 valence electrons. The lowest BCUT2D eigenvalue weighted by atomic mass is 10.0. The monoisotopic (exact) mass is 291 g/mol. The third kappa shape index (κ3) is 5.50. The van der Waals surface area contributed by atoms with E-state index in [1.54, 1.807) is 0 Å². The molecule has 0 aliphatic carbocycles. The van der Waals surface area contributed by atoms with Crippen molar-refractivity contribution < 1.29 is 26.7 Å². The maximum Gasteiger partial charge on any atom is 0.390 e. The van der Waals surface area contributed by atoms with Crippen molar-refractivity contribution in [3.05, 3.63) is 29.8 Å². The van der Waals surface area contributed by atoms with E-state index in [1.807, 2.05) is 0 Å². The number of nitrogens with two attached hydrogens (primary N) is 1. The predicted octanol–water partition coefficient (Wildman–Crippen LogP) is 3.66. The lowest BCUT2D eigenvalue weighted by molar-refractivity contribution is -0.138. The van der Waals surface area contributed by atoms with Crippen molar-refractivity contribution in [3.63, 3.8) is 0 Å². The van der Waals surface area contributed by atoms with E-state index in [2.05, 4.69) is 4.74 Å². The summed E-state index contributed by atoms with van der Waals surface area (Å²) in [5.74, 6) is -0.334. The maximum absolute atomic E-state index is 12.1. The molecule has 18 heavy (non-hydrogen) atoms. The van der Waals surface area contributed by atoms with E-state index in [9.17, 15) is 22.0 Å². The van der Waals surface area contributed by atoms with E-state index >= 15 is 0 Å². The van der Waals surface area contributed by atoms with E-state index in [-0.39, 0.29) is 23.7 Å². The molecule has 0 bridgehead atoms. The average molecular weight is 292 g/mol. The van der Waals surface area contributed by atoms with Crippen LogP contribution in [0.4, 0.5) is 22.0 Å². The standard InChI is InChI=1S/C10H10F5NO.ClH/c11-9(12)17-8-4-2-1-3-6(8)7(16)5-10(13,14)15;/h1-4,7,9H,5,16H2;1H/t7-;/m0./s1. The van der Waals surface area contributed by atoms with Crippen LogP contribution in [0.15, 0.2) is 24.3 Å². The van der Waals surface area contributed by atoms with Crippen molar-refractivity contribution in [2.75, 3.05) is 0 Å². The number of rotatable bonds is 4. The summed E-state index contributed by atoms with van der Waals surface area (Å²) in [5, 5.41) is 0. The Hall–Kier alpha value is -1.08. The van der Waals surface area contributed by atoms with Crippen LogP contribution in [0.2, 0.25) is 0 Å². The quantitative estimate of drug-likeness (QED) is 0.859. The molecule has 0 saturated carbocycles. The molecule has 1 atom stereocenters. The summed E-state index contributed by atoms with van der Waals surface area (Å²) >= 11 is 0. The van der Waals surface area contributed by atoms with Gasteiger partial charge >= 0.3 is 12.8 Å². The largest absolute Gasteiger partial charge is 0.434 e. The number of hydrogen-bond donors (Lipinski definition) is 1. The number of benzene rings is 1. The molecule has 0 spiro atoms. The zero-order valence-electron chi connectivity index (χ0n) is 8.95. The summed E-state index contributed by atoms with van der Waals surface area (Å²) in [6.07, 6.45) is -5.76. The van der Waals surface area contributed by atoms with Gasteiger partial charge in [-0.3, -0.25) is 0 Å². The lowest BCUT2D eigenvalue weighted by Crippen LogP contribution is -2.21. The van der Waals surface area contributed by atoms with Crippen LogP contribution in [0.3, 0.4) is 0 Å². The van der Waals surface area contributed by atoms with Gasteiger partial charge in [-0.1, -0.05) is 18.2 Å². The van der Waals surface area contributed by atoms with E-state index in [0.29, 0.717) is 0 Å². The Balaban J connectivity index is 0.00000289. The Morgan fingerprint density at radius 2 is 1.72 bits per heavy atom. The van der Waals surface area contributed by atoms with Crippen LogP contribution in [0, 0.1) is 0 Å². The number of ether oxygens (including phenoxy) is 1. The van der Waals surface area contributed by atoms with Crippen molar-refractivity contribution >= 4 is 12.4 Å². The molecular formula is C10H11ClF5NO. The first-order valence-corrected chi connectivity index (χ1v) is 4.65. The molecule has 0 aliphatic rings. The second-order valence-electron chi connectivity index (χ2n) is 3.34. The molecule has 2 N–H and O–H groups in total. The van der Waals surface area contributed by atoms with Crippen LogP contribution in [0.1, 0.15) is 18.0 Å². The summed E-state index contributed by atoms with van der Waals surface area (Å²) in [7, 11) is 0. The van der Waals surface area contributed by atoms with E-state index < -0.39 is 25.3 Å². The predicted molar refractivity (Wildman–Crippen MR) is 57.9 cm³/mol. The van der Waals surface area contributed by atoms with Crippen LogP contribution < -0.4 is 10.5 Å². The summed E-state index contributed by atoms with van der Waals surface area (Å²) in [6, 6.07) is 3.74. The fraction of sp³-hybridized carbons (Fsp3) is 0.400. The van der Waals surface area contributed by atoms with Gasteiger partial charge in [0.05, 0.1) is 6.42 Å². The molecule has 0 amide bonds. The summed E-state index contributed by atoms with van der Waals surface area (Å²) in [5.41, 5.74) is 5.22. The summed E-state index contributed by atoms with van der Waals surface area (Å²) in [4.78, 5) is 0. The molecule has 1 rings (SSSR count). The topological polar surface area (TPSA) is 35.2 Å². The minimum absolute atomic E-state index is 0. The fourth-order valence-electron chi connectivity index (χ4n) is 1.35. The molecule has 0 aromatic heterocycles. The highest BCUT2D eigenvalue weighted by molar-refractivity contribution is 5.85. The Bertz CT molecular complexity index is 372. The van der Waals surface area contributed by atoms with Gasteiger partial charge in [0.1, 0.15) is 5.75 Å². The highest BCUT2D eigenvalue weighted by atomic mass is 35.5. The number of halogens is 6. The van der Waals surface area contributed by atoms with Crippen molar-refractivity contribution in [1.29, 1.82) is 0 Å². The fourth-order valence-corrected chi connectivity index (χ4v) is 1.35. The second-order valence-corrected chi connectivity index (χ2v) is 3.34. The molecular weight excluding hydrogens is 281 g/mol. The van der Waals surface area contributed by atoms with Crippen molar-refractivity contribution in [2.24, 2.45) is 5.73 Å². The highest BCUT2D eigenvalue weighted by Crippen LogP contribution is 2.32. The van der Waals surface area contributed by atoms with Crippen molar-refractivity contribution in [2.45, 2.75) is 25.3 Å². The lowest BCUT2D eigenvalue weighted by Gasteiger charge is -2.17. The molecule has 2 nitrogen and oxygen atoms in total. The van der Waals surface area contributed by atoms with Gasteiger partial charge < -0.3 is 10.5 Å². The Kier molecular flexibility index (Phi) is 6.34. The number of hydrogen-bond acceptors (Lipinski definition) is 2. The van der Waals surface area contributed by atoms with Gasteiger partial charge in [-0.25, -0.2) is 0 Å².